The summed E-state index contributed by atoms with van der Waals surface area (Å²) in [7, 11) is -8.33. The van der Waals surface area contributed by atoms with E-state index in [1.54, 1.807) is 5.25 Å². The van der Waals surface area contributed by atoms with Gasteiger partial charge in [0.2, 0.25) is 0 Å². The van der Waals surface area contributed by atoms with Crippen LogP contribution in [0.2, 0.25) is 0 Å². The minimum atomic E-state index is -4.18. The second-order valence-electron chi connectivity index (χ2n) is 3.01. The number of rotatable bonds is 3. The Morgan fingerprint density at radius 1 is 1.12 bits per heavy atom. The van der Waals surface area contributed by atoms with Crippen LogP contribution in [0.15, 0.2) is 29.2 Å². The molecular weight excluding hydrogens is 264 g/mol. The van der Waals surface area contributed by atoms with Gasteiger partial charge in [0.05, 0.1) is 4.90 Å². The largest absolute Gasteiger partial charge is 0.399 e. The van der Waals surface area contributed by atoms with Gasteiger partial charge < -0.3 is 5.73 Å². The molecule has 0 saturated carbocycles. The molecule has 0 fully saturated rings. The van der Waals surface area contributed by atoms with Gasteiger partial charge in [0.1, 0.15) is 0 Å². The summed E-state index contributed by atoms with van der Waals surface area (Å²) in [4.78, 5) is -0.201. The molecule has 17 heavy (non-hydrogen) atoms. The van der Waals surface area contributed by atoms with Gasteiger partial charge in [-0.1, -0.05) is 10.0 Å². The number of nitrogens with two attached hydrogens (primary N) is 1. The van der Waals surface area contributed by atoms with E-state index in [0.29, 0.717) is 5.69 Å². The van der Waals surface area contributed by atoms with Crippen LogP contribution in [0.1, 0.15) is 6.92 Å². The fraction of sp³-hybridized carbons (Fsp3) is 0.111. The zero-order chi connectivity index (χ0) is 13.1. The highest BCUT2D eigenvalue weighted by atomic mass is 32.3. The van der Waals surface area contributed by atoms with E-state index in [2.05, 4.69) is 5.92 Å². The first-order chi connectivity index (χ1) is 7.77. The maximum absolute atomic E-state index is 11.6. The molecule has 3 N–H and O–H groups in total. The molecule has 1 aromatic rings. The standard InChI is InChI=1S/C9H10N2O4S2/c1-2-7-16(12,13)11-17(14,15)9-5-3-8(10)4-6-9/h3-6,11H,10H2,1H3. The Morgan fingerprint density at radius 3 is 2.12 bits per heavy atom. The van der Waals surface area contributed by atoms with Crippen LogP contribution in [-0.2, 0) is 20.0 Å². The third kappa shape index (κ3) is 3.74. The second-order valence-corrected chi connectivity index (χ2v) is 6.37. The first-order valence-electron chi connectivity index (χ1n) is 4.34. The first-order valence-corrected chi connectivity index (χ1v) is 7.31. The van der Waals surface area contributed by atoms with Crippen LogP contribution >= 0.6 is 0 Å². The molecule has 0 bridgehead atoms. The normalized spacial score (nSPS) is 11.6. The van der Waals surface area contributed by atoms with E-state index >= 15 is 0 Å². The molecule has 0 atom stereocenters. The van der Waals surface area contributed by atoms with Crippen LogP contribution in [0, 0.1) is 11.2 Å². The molecular formula is C9H10N2O4S2. The lowest BCUT2D eigenvalue weighted by Crippen LogP contribution is -2.29. The molecule has 0 spiro atoms. The summed E-state index contributed by atoms with van der Waals surface area (Å²) in [6.07, 6.45) is 0. The van der Waals surface area contributed by atoms with Crippen LogP contribution in [0.4, 0.5) is 5.69 Å². The maximum atomic E-state index is 11.6. The first kappa shape index (κ1) is 13.5. The lowest BCUT2D eigenvalue weighted by atomic mass is 10.3. The molecule has 0 saturated heterocycles. The van der Waals surface area contributed by atoms with Crippen molar-refractivity contribution in [1.29, 1.82) is 0 Å². The van der Waals surface area contributed by atoms with E-state index in [-0.39, 0.29) is 4.90 Å². The maximum Gasteiger partial charge on any atom is 0.293 e. The lowest BCUT2D eigenvalue weighted by molar-refractivity contribution is 0.582. The molecule has 92 valence electrons. The van der Waals surface area contributed by atoms with Gasteiger partial charge >= 0.3 is 0 Å². The second kappa shape index (κ2) is 4.75. The number of benzene rings is 1. The molecule has 1 rings (SSSR count). The SMILES string of the molecule is CC#CS(=O)(=O)NS(=O)(=O)c1ccc(N)cc1. The highest BCUT2D eigenvalue weighted by Crippen LogP contribution is 2.11. The molecule has 6 nitrogen and oxygen atoms in total. The Labute approximate surface area is 99.9 Å². The van der Waals surface area contributed by atoms with E-state index in [9.17, 15) is 16.8 Å². The Bertz CT molecular complexity index is 664. The van der Waals surface area contributed by atoms with Gasteiger partial charge in [-0.25, -0.2) is 8.42 Å². The highest BCUT2D eigenvalue weighted by molar-refractivity contribution is 8.07. The molecule has 0 heterocycles. The van der Waals surface area contributed by atoms with Crippen molar-refractivity contribution in [1.82, 2.24) is 4.13 Å². The number of nitrogens with one attached hydrogen (secondary N) is 1. The van der Waals surface area contributed by atoms with Gasteiger partial charge in [-0.3, -0.25) is 0 Å². The van der Waals surface area contributed by atoms with Gasteiger partial charge in [0, 0.05) is 10.9 Å². The monoisotopic (exact) mass is 274 g/mol. The summed E-state index contributed by atoms with van der Waals surface area (Å²) in [5, 5.41) is 1.77. The Balaban J connectivity index is 3.13. The smallest absolute Gasteiger partial charge is 0.293 e. The summed E-state index contributed by atoms with van der Waals surface area (Å²) in [5.74, 6) is 2.11. The van der Waals surface area contributed by atoms with E-state index in [1.807, 2.05) is 0 Å². The van der Waals surface area contributed by atoms with Gasteiger partial charge in [-0.2, -0.15) is 8.42 Å². The van der Waals surface area contributed by atoms with Crippen molar-refractivity contribution in [2.45, 2.75) is 11.8 Å². The number of hydrogen-bond donors (Lipinski definition) is 2. The van der Waals surface area contributed by atoms with Crippen molar-refractivity contribution in [2.24, 2.45) is 0 Å². The number of sulfonamides is 2. The van der Waals surface area contributed by atoms with Crippen LogP contribution in [0.3, 0.4) is 0 Å². The van der Waals surface area contributed by atoms with E-state index in [0.717, 1.165) is 0 Å². The average Bonchev–Trinajstić information content (AvgIpc) is 2.16. The molecule has 0 amide bonds. The van der Waals surface area contributed by atoms with Crippen LogP contribution in [0.25, 0.3) is 0 Å². The minimum absolute atomic E-state index is 0.201. The predicted molar refractivity (Wildman–Crippen MR) is 63.5 cm³/mol. The molecule has 0 unspecified atom stereocenters. The molecule has 0 aliphatic heterocycles. The minimum Gasteiger partial charge on any atom is -0.399 e. The van der Waals surface area contributed by atoms with E-state index in [4.69, 9.17) is 5.73 Å². The average molecular weight is 274 g/mol. The van der Waals surface area contributed by atoms with Crippen molar-refractivity contribution in [2.75, 3.05) is 5.73 Å². The summed E-state index contributed by atoms with van der Waals surface area (Å²) in [6, 6.07) is 5.11. The quantitative estimate of drug-likeness (QED) is 0.589. The number of hydrogen-bond acceptors (Lipinski definition) is 5. The highest BCUT2D eigenvalue weighted by Gasteiger charge is 2.20. The zero-order valence-corrected chi connectivity index (χ0v) is 10.5. The van der Waals surface area contributed by atoms with Crippen LogP contribution in [0.5, 0.6) is 0 Å². The fourth-order valence-corrected chi connectivity index (χ4v) is 3.46. The molecule has 0 radical (unpaired) electrons. The summed E-state index contributed by atoms with van der Waals surface area (Å²) in [6.45, 7) is 1.29. The Hall–Kier alpha value is -1.56. The van der Waals surface area contributed by atoms with Gasteiger partial charge in [-0.15, -0.1) is 0 Å². The zero-order valence-electron chi connectivity index (χ0n) is 8.84. The van der Waals surface area contributed by atoms with E-state index < -0.39 is 20.0 Å². The third-order valence-corrected chi connectivity index (χ3v) is 4.77. The summed E-state index contributed by atoms with van der Waals surface area (Å²) >= 11 is 0. The number of nitrogen functional groups attached to an aromatic ring is 1. The van der Waals surface area contributed by atoms with Crippen molar-refractivity contribution in [3.8, 4) is 11.2 Å². The van der Waals surface area contributed by atoms with Gasteiger partial charge in [0.25, 0.3) is 20.0 Å². The van der Waals surface area contributed by atoms with Gasteiger partial charge in [-0.05, 0) is 31.2 Å². The topological polar surface area (TPSA) is 106 Å². The molecule has 8 heteroatoms. The Kier molecular flexibility index (Phi) is 3.77. The lowest BCUT2D eigenvalue weighted by Gasteiger charge is -2.03. The molecule has 0 aliphatic carbocycles. The molecule has 0 aromatic heterocycles. The predicted octanol–water partition coefficient (Wildman–Crippen LogP) is -0.142. The van der Waals surface area contributed by atoms with Crippen molar-refractivity contribution in [3.63, 3.8) is 0 Å². The summed E-state index contributed by atoms with van der Waals surface area (Å²) < 4.78 is 47.2. The molecule has 0 aliphatic rings. The van der Waals surface area contributed by atoms with Crippen LogP contribution < -0.4 is 9.86 Å². The molecule has 1 aromatic carbocycles. The van der Waals surface area contributed by atoms with Gasteiger partial charge in [0.15, 0.2) is 0 Å². The summed E-state index contributed by atoms with van der Waals surface area (Å²) in [5.41, 5.74) is 5.76. The Morgan fingerprint density at radius 2 is 1.65 bits per heavy atom. The van der Waals surface area contributed by atoms with Crippen molar-refractivity contribution < 1.29 is 16.8 Å². The van der Waals surface area contributed by atoms with Crippen LogP contribution in [-0.4, -0.2) is 16.8 Å². The van der Waals surface area contributed by atoms with Crippen molar-refractivity contribution in [3.05, 3.63) is 24.3 Å². The number of anilines is 1. The van der Waals surface area contributed by atoms with Crippen molar-refractivity contribution >= 4 is 25.7 Å². The fourth-order valence-electron chi connectivity index (χ4n) is 0.995. The third-order valence-electron chi connectivity index (χ3n) is 1.65. The van der Waals surface area contributed by atoms with E-state index in [1.165, 1.54) is 35.3 Å².